The van der Waals surface area contributed by atoms with Gasteiger partial charge in [-0.15, -0.1) is 0 Å². The highest BCUT2D eigenvalue weighted by Gasteiger charge is 2.19. The maximum absolute atomic E-state index is 13.0. The van der Waals surface area contributed by atoms with E-state index in [0.29, 0.717) is 37.4 Å². The van der Waals surface area contributed by atoms with Crippen LogP contribution in [0.3, 0.4) is 0 Å². The Hall–Kier alpha value is -2.86. The van der Waals surface area contributed by atoms with Crippen molar-refractivity contribution in [2.24, 2.45) is 0 Å². The molecule has 0 saturated carbocycles. The van der Waals surface area contributed by atoms with Crippen molar-refractivity contribution in [2.45, 2.75) is 39.0 Å². The van der Waals surface area contributed by atoms with E-state index in [9.17, 15) is 9.59 Å². The maximum atomic E-state index is 13.0. The summed E-state index contributed by atoms with van der Waals surface area (Å²) in [6, 6.07) is 15.3. The van der Waals surface area contributed by atoms with Crippen molar-refractivity contribution in [1.29, 1.82) is 0 Å². The predicted octanol–water partition coefficient (Wildman–Crippen LogP) is 4.01. The van der Waals surface area contributed by atoms with Crippen LogP contribution in [0.1, 0.15) is 48.5 Å². The van der Waals surface area contributed by atoms with Gasteiger partial charge in [-0.1, -0.05) is 30.3 Å². The molecule has 1 saturated heterocycles. The van der Waals surface area contributed by atoms with Gasteiger partial charge >= 0.3 is 0 Å². The molecule has 1 fully saturated rings. The number of nitrogens with one attached hydrogen (secondary N) is 2. The third kappa shape index (κ3) is 7.10. The van der Waals surface area contributed by atoms with Crippen LogP contribution in [0.5, 0.6) is 0 Å². The average Bonchev–Trinajstić information content (AvgIpc) is 2.80. The van der Waals surface area contributed by atoms with Gasteiger partial charge in [-0.3, -0.25) is 9.59 Å². The zero-order valence-electron chi connectivity index (χ0n) is 18.4. The van der Waals surface area contributed by atoms with Crippen LogP contribution in [-0.4, -0.2) is 44.7 Å². The minimum absolute atomic E-state index is 0.0972. The van der Waals surface area contributed by atoms with Gasteiger partial charge in [0, 0.05) is 44.2 Å². The van der Waals surface area contributed by atoms with E-state index < -0.39 is 0 Å². The van der Waals surface area contributed by atoms with Gasteiger partial charge in [0.05, 0.1) is 12.0 Å². The van der Waals surface area contributed by atoms with Gasteiger partial charge in [0.2, 0.25) is 5.91 Å². The van der Waals surface area contributed by atoms with Crippen LogP contribution in [0, 0.1) is 0 Å². The average molecular weight is 424 g/mol. The van der Waals surface area contributed by atoms with Crippen molar-refractivity contribution in [2.75, 3.05) is 43.1 Å². The van der Waals surface area contributed by atoms with Crippen LogP contribution in [0.4, 0.5) is 11.4 Å². The van der Waals surface area contributed by atoms with Crippen LogP contribution in [0.15, 0.2) is 48.5 Å². The molecule has 0 unspecified atom stereocenters. The molecular formula is C25H33N3O3. The minimum Gasteiger partial charge on any atom is -0.382 e. The quantitative estimate of drug-likeness (QED) is 0.567. The van der Waals surface area contributed by atoms with Crippen LogP contribution < -0.4 is 15.5 Å². The summed E-state index contributed by atoms with van der Waals surface area (Å²) in [5.74, 6) is -0.212. The first-order valence-corrected chi connectivity index (χ1v) is 11.3. The Morgan fingerprint density at radius 1 is 1.03 bits per heavy atom. The molecule has 0 atom stereocenters. The van der Waals surface area contributed by atoms with E-state index >= 15 is 0 Å². The van der Waals surface area contributed by atoms with Crippen molar-refractivity contribution >= 4 is 23.2 Å². The molecule has 3 rings (SSSR count). The molecule has 6 nitrogen and oxygen atoms in total. The standard InChI is InChI=1S/C25H33N3O3/c1-2-31-17-9-14-26-25(30)22-19-21(12-13-23(22)28-15-7-4-8-16-28)27-24(29)18-20-10-5-3-6-11-20/h3,5-6,10-13,19H,2,4,7-9,14-18H2,1H3,(H,26,30)(H,27,29). The highest BCUT2D eigenvalue weighted by atomic mass is 16.5. The van der Waals surface area contributed by atoms with Crippen LogP contribution >= 0.6 is 0 Å². The van der Waals surface area contributed by atoms with Crippen molar-refractivity contribution in [3.63, 3.8) is 0 Å². The highest BCUT2D eigenvalue weighted by Crippen LogP contribution is 2.27. The van der Waals surface area contributed by atoms with E-state index in [1.54, 1.807) is 6.07 Å². The number of anilines is 2. The second-order valence-electron chi connectivity index (χ2n) is 7.80. The minimum atomic E-state index is -0.115. The van der Waals surface area contributed by atoms with Gasteiger partial charge in [-0.05, 0) is 56.4 Å². The number of carbonyl (C=O) groups excluding carboxylic acids is 2. The van der Waals surface area contributed by atoms with Crippen molar-refractivity contribution in [1.82, 2.24) is 5.32 Å². The van der Waals surface area contributed by atoms with Crippen LogP contribution in [-0.2, 0) is 16.0 Å². The molecule has 0 aromatic heterocycles. The normalized spacial score (nSPS) is 13.6. The summed E-state index contributed by atoms with van der Waals surface area (Å²) in [6.07, 6.45) is 4.55. The SMILES string of the molecule is CCOCCCNC(=O)c1cc(NC(=O)Cc2ccccc2)ccc1N1CCCCC1. The Morgan fingerprint density at radius 2 is 1.81 bits per heavy atom. The first-order valence-electron chi connectivity index (χ1n) is 11.3. The molecule has 1 heterocycles. The van der Waals surface area contributed by atoms with Crippen molar-refractivity contribution in [3.05, 3.63) is 59.7 Å². The number of piperidine rings is 1. The number of amides is 2. The number of hydrogen-bond donors (Lipinski definition) is 2. The molecule has 0 bridgehead atoms. The summed E-state index contributed by atoms with van der Waals surface area (Å²) < 4.78 is 5.34. The second kappa shape index (κ2) is 12.1. The molecule has 2 amide bonds. The molecule has 2 aromatic carbocycles. The molecule has 6 heteroatoms. The number of carbonyl (C=O) groups is 2. The molecule has 2 aromatic rings. The summed E-state index contributed by atoms with van der Waals surface area (Å²) in [5, 5.41) is 5.94. The lowest BCUT2D eigenvalue weighted by molar-refractivity contribution is -0.115. The van der Waals surface area contributed by atoms with Crippen LogP contribution in [0.25, 0.3) is 0 Å². The van der Waals surface area contributed by atoms with Crippen LogP contribution in [0.2, 0.25) is 0 Å². The summed E-state index contributed by atoms with van der Waals surface area (Å²) >= 11 is 0. The Labute approximate surface area is 185 Å². The number of benzene rings is 2. The lowest BCUT2D eigenvalue weighted by atomic mass is 10.1. The Balaban J connectivity index is 1.71. The predicted molar refractivity (Wildman–Crippen MR) is 125 cm³/mol. The van der Waals surface area contributed by atoms with E-state index in [2.05, 4.69) is 15.5 Å². The van der Waals surface area contributed by atoms with E-state index in [1.807, 2.05) is 49.4 Å². The van der Waals surface area contributed by atoms with Gasteiger partial charge in [0.1, 0.15) is 0 Å². The van der Waals surface area contributed by atoms with E-state index in [0.717, 1.165) is 43.6 Å². The monoisotopic (exact) mass is 423 g/mol. The van der Waals surface area contributed by atoms with E-state index in [-0.39, 0.29) is 11.8 Å². The lowest BCUT2D eigenvalue weighted by Crippen LogP contribution is -2.33. The Morgan fingerprint density at radius 3 is 2.55 bits per heavy atom. The maximum Gasteiger partial charge on any atom is 0.253 e. The zero-order chi connectivity index (χ0) is 21.9. The fraction of sp³-hybridized carbons (Fsp3) is 0.440. The third-order valence-electron chi connectivity index (χ3n) is 5.38. The van der Waals surface area contributed by atoms with Gasteiger partial charge in [0.15, 0.2) is 0 Å². The molecular weight excluding hydrogens is 390 g/mol. The summed E-state index contributed by atoms with van der Waals surface area (Å²) in [4.78, 5) is 27.7. The summed E-state index contributed by atoms with van der Waals surface area (Å²) in [7, 11) is 0. The molecule has 2 N–H and O–H groups in total. The topological polar surface area (TPSA) is 70.7 Å². The molecule has 1 aliphatic heterocycles. The fourth-order valence-electron chi connectivity index (χ4n) is 3.81. The molecule has 166 valence electrons. The Kier molecular flexibility index (Phi) is 8.91. The van der Waals surface area contributed by atoms with Crippen molar-refractivity contribution < 1.29 is 14.3 Å². The molecule has 1 aliphatic rings. The largest absolute Gasteiger partial charge is 0.382 e. The van der Waals surface area contributed by atoms with Gasteiger partial charge < -0.3 is 20.3 Å². The van der Waals surface area contributed by atoms with Gasteiger partial charge in [0.25, 0.3) is 5.91 Å². The first-order chi connectivity index (χ1) is 15.2. The van der Waals surface area contributed by atoms with E-state index in [1.165, 1.54) is 6.42 Å². The first kappa shape index (κ1) is 22.8. The van der Waals surface area contributed by atoms with Gasteiger partial charge in [-0.25, -0.2) is 0 Å². The smallest absolute Gasteiger partial charge is 0.253 e. The zero-order valence-corrected chi connectivity index (χ0v) is 18.4. The Bertz CT molecular complexity index is 848. The second-order valence-corrected chi connectivity index (χ2v) is 7.80. The van der Waals surface area contributed by atoms with E-state index in [4.69, 9.17) is 4.74 Å². The highest BCUT2D eigenvalue weighted by molar-refractivity contribution is 6.02. The van der Waals surface area contributed by atoms with Gasteiger partial charge in [-0.2, -0.15) is 0 Å². The lowest BCUT2D eigenvalue weighted by Gasteiger charge is -2.30. The van der Waals surface area contributed by atoms with Crippen molar-refractivity contribution in [3.8, 4) is 0 Å². The number of hydrogen-bond acceptors (Lipinski definition) is 4. The molecule has 0 aliphatic carbocycles. The molecule has 0 spiro atoms. The third-order valence-corrected chi connectivity index (χ3v) is 5.38. The summed E-state index contributed by atoms with van der Waals surface area (Å²) in [5.41, 5.74) is 3.14. The number of rotatable bonds is 10. The fourth-order valence-corrected chi connectivity index (χ4v) is 3.81. The molecule has 0 radical (unpaired) electrons. The number of ether oxygens (including phenoxy) is 1. The summed E-state index contributed by atoms with van der Waals surface area (Å²) in [6.45, 7) is 5.72. The molecule has 31 heavy (non-hydrogen) atoms. The number of nitrogens with zero attached hydrogens (tertiary/aromatic N) is 1.